The van der Waals surface area contributed by atoms with Crippen LogP contribution in [0.3, 0.4) is 0 Å². The first kappa shape index (κ1) is 15.7. The number of hydrogen-bond donors (Lipinski definition) is 2. The lowest BCUT2D eigenvalue weighted by atomic mass is 9.94. The van der Waals surface area contributed by atoms with Crippen molar-refractivity contribution in [3.05, 3.63) is 66.0 Å². The first-order valence-electron chi connectivity index (χ1n) is 8.09. The Morgan fingerprint density at radius 3 is 2.52 bits per heavy atom. The Balaban J connectivity index is 1.58. The van der Waals surface area contributed by atoms with E-state index in [1.165, 1.54) is 0 Å². The molecule has 0 spiro atoms. The fourth-order valence-electron chi connectivity index (χ4n) is 2.95. The van der Waals surface area contributed by atoms with Crippen molar-refractivity contribution < 1.29 is 9.90 Å². The molecular formula is C19H22N2O2. The lowest BCUT2D eigenvalue weighted by Crippen LogP contribution is -2.39. The lowest BCUT2D eigenvalue weighted by Gasteiger charge is -2.19. The van der Waals surface area contributed by atoms with Gasteiger partial charge in [-0.2, -0.15) is 0 Å². The molecule has 1 atom stereocenters. The van der Waals surface area contributed by atoms with E-state index in [-0.39, 0.29) is 23.8 Å². The van der Waals surface area contributed by atoms with Gasteiger partial charge in [-0.3, -0.25) is 9.78 Å². The number of nitrogens with one attached hydrogen (secondary N) is 1. The molecule has 2 aromatic rings. The summed E-state index contributed by atoms with van der Waals surface area (Å²) in [5.74, 6) is 0.0589. The quantitative estimate of drug-likeness (QED) is 0.823. The number of aliphatic hydroxyl groups excluding tert-OH is 1. The number of carbonyl (C=O) groups excluding carboxylic acids is 1. The molecule has 0 aliphatic heterocycles. The second-order valence-electron chi connectivity index (χ2n) is 6.23. The molecule has 1 aliphatic rings. The summed E-state index contributed by atoms with van der Waals surface area (Å²) in [5, 5.41) is 12.6. The number of pyridine rings is 1. The molecule has 23 heavy (non-hydrogen) atoms. The summed E-state index contributed by atoms with van der Waals surface area (Å²) in [5.41, 5.74) is 1.67. The highest BCUT2D eigenvalue weighted by molar-refractivity contribution is 5.91. The van der Waals surface area contributed by atoms with Gasteiger partial charge in [0.2, 0.25) is 5.91 Å². The third-order valence-corrected chi connectivity index (χ3v) is 4.54. The van der Waals surface area contributed by atoms with Crippen molar-refractivity contribution in [1.29, 1.82) is 0 Å². The van der Waals surface area contributed by atoms with Crippen LogP contribution in [-0.2, 0) is 16.6 Å². The van der Waals surface area contributed by atoms with Gasteiger partial charge in [-0.25, -0.2) is 0 Å². The van der Waals surface area contributed by atoms with Crippen molar-refractivity contribution in [2.45, 2.75) is 24.7 Å². The van der Waals surface area contributed by atoms with Gasteiger partial charge in [0.1, 0.15) is 0 Å². The van der Waals surface area contributed by atoms with Gasteiger partial charge in [0.25, 0.3) is 0 Å². The summed E-state index contributed by atoms with van der Waals surface area (Å²) in [6.45, 7) is 0.510. The summed E-state index contributed by atoms with van der Waals surface area (Å²) >= 11 is 0. The van der Waals surface area contributed by atoms with E-state index in [0.29, 0.717) is 13.0 Å². The fourth-order valence-corrected chi connectivity index (χ4v) is 2.95. The molecule has 1 fully saturated rings. The molecule has 0 saturated heterocycles. The topological polar surface area (TPSA) is 62.2 Å². The largest absolute Gasteiger partial charge is 0.396 e. The molecule has 3 rings (SSSR count). The molecule has 1 amide bonds. The Morgan fingerprint density at radius 1 is 1.17 bits per heavy atom. The normalized spacial score (nSPS) is 16.6. The molecule has 120 valence electrons. The first-order chi connectivity index (χ1) is 11.2. The Labute approximate surface area is 136 Å². The van der Waals surface area contributed by atoms with Gasteiger partial charge in [-0.05, 0) is 37.0 Å². The second-order valence-corrected chi connectivity index (χ2v) is 6.23. The second kappa shape index (κ2) is 6.92. The minimum Gasteiger partial charge on any atom is -0.396 e. The van der Waals surface area contributed by atoms with Crippen LogP contribution in [0.1, 0.15) is 24.1 Å². The molecule has 1 aliphatic carbocycles. The van der Waals surface area contributed by atoms with E-state index < -0.39 is 0 Å². The van der Waals surface area contributed by atoms with E-state index in [1.54, 1.807) is 6.20 Å². The van der Waals surface area contributed by atoms with Crippen LogP contribution in [0.2, 0.25) is 0 Å². The highest BCUT2D eigenvalue weighted by atomic mass is 16.3. The van der Waals surface area contributed by atoms with Crippen LogP contribution in [0.15, 0.2) is 54.7 Å². The summed E-state index contributed by atoms with van der Waals surface area (Å²) < 4.78 is 0. The zero-order valence-electron chi connectivity index (χ0n) is 13.1. The van der Waals surface area contributed by atoms with E-state index in [0.717, 1.165) is 24.1 Å². The molecule has 1 aromatic heterocycles. The van der Waals surface area contributed by atoms with Gasteiger partial charge in [-0.1, -0.05) is 36.4 Å². The fraction of sp³-hybridized carbons (Fsp3) is 0.368. The molecule has 2 N–H and O–H groups in total. The highest BCUT2D eigenvalue weighted by Gasteiger charge is 2.51. The zero-order chi connectivity index (χ0) is 16.1. The molecule has 4 heteroatoms. The van der Waals surface area contributed by atoms with Crippen molar-refractivity contribution in [1.82, 2.24) is 10.3 Å². The van der Waals surface area contributed by atoms with Crippen LogP contribution in [0.4, 0.5) is 0 Å². The molecule has 1 saturated carbocycles. The summed E-state index contributed by atoms with van der Waals surface area (Å²) in [4.78, 5) is 16.9. The van der Waals surface area contributed by atoms with Crippen molar-refractivity contribution in [2.24, 2.45) is 5.92 Å². The number of rotatable bonds is 7. The first-order valence-corrected chi connectivity index (χ1v) is 8.09. The monoisotopic (exact) mass is 310 g/mol. The van der Waals surface area contributed by atoms with E-state index in [9.17, 15) is 9.90 Å². The standard InChI is InChI=1S/C19H22N2O2/c22-14-15(12-17-8-4-5-11-20-17)13-21-18(23)19(9-10-19)16-6-2-1-3-7-16/h1-8,11,15,22H,9-10,12-14H2,(H,21,23). The minimum absolute atomic E-state index is 0.0135. The van der Waals surface area contributed by atoms with E-state index in [1.807, 2.05) is 48.5 Å². The van der Waals surface area contributed by atoms with Gasteiger partial charge in [0.15, 0.2) is 0 Å². The van der Waals surface area contributed by atoms with Crippen LogP contribution in [0.5, 0.6) is 0 Å². The van der Waals surface area contributed by atoms with Crippen LogP contribution in [0.25, 0.3) is 0 Å². The molecule has 1 aromatic carbocycles. The molecule has 0 radical (unpaired) electrons. The number of nitrogens with zero attached hydrogens (tertiary/aromatic N) is 1. The summed E-state index contributed by atoms with van der Waals surface area (Å²) in [6, 6.07) is 15.7. The Kier molecular flexibility index (Phi) is 4.72. The van der Waals surface area contributed by atoms with Crippen molar-refractivity contribution in [2.75, 3.05) is 13.2 Å². The van der Waals surface area contributed by atoms with Crippen molar-refractivity contribution >= 4 is 5.91 Å². The number of aromatic nitrogens is 1. The minimum atomic E-state index is -0.355. The van der Waals surface area contributed by atoms with Gasteiger partial charge < -0.3 is 10.4 Å². The number of aliphatic hydroxyl groups is 1. The summed E-state index contributed by atoms with van der Waals surface area (Å²) in [7, 11) is 0. The SMILES string of the molecule is O=C(NCC(CO)Cc1ccccn1)C1(c2ccccc2)CC1. The van der Waals surface area contributed by atoms with Crippen LogP contribution >= 0.6 is 0 Å². The maximum atomic E-state index is 12.6. The van der Waals surface area contributed by atoms with Gasteiger partial charge in [-0.15, -0.1) is 0 Å². The van der Waals surface area contributed by atoms with Crippen LogP contribution in [-0.4, -0.2) is 29.1 Å². The Bertz CT molecular complexity index is 639. The van der Waals surface area contributed by atoms with Gasteiger partial charge in [0.05, 0.1) is 5.41 Å². The highest BCUT2D eigenvalue weighted by Crippen LogP contribution is 2.48. The van der Waals surface area contributed by atoms with Crippen molar-refractivity contribution in [3.63, 3.8) is 0 Å². The van der Waals surface area contributed by atoms with E-state index >= 15 is 0 Å². The van der Waals surface area contributed by atoms with Crippen LogP contribution in [0, 0.1) is 5.92 Å². The summed E-state index contributed by atoms with van der Waals surface area (Å²) in [6.07, 6.45) is 4.20. The molecule has 1 unspecified atom stereocenters. The van der Waals surface area contributed by atoms with Gasteiger partial charge >= 0.3 is 0 Å². The maximum Gasteiger partial charge on any atom is 0.230 e. The predicted molar refractivity (Wildman–Crippen MR) is 88.9 cm³/mol. The third kappa shape index (κ3) is 3.59. The number of benzene rings is 1. The molecule has 4 nitrogen and oxygen atoms in total. The Hall–Kier alpha value is -2.20. The van der Waals surface area contributed by atoms with E-state index in [2.05, 4.69) is 10.3 Å². The Morgan fingerprint density at radius 2 is 1.91 bits per heavy atom. The predicted octanol–water partition coefficient (Wildman–Crippen LogP) is 2.08. The number of carbonyl (C=O) groups is 1. The average Bonchev–Trinajstić information content (AvgIpc) is 3.42. The van der Waals surface area contributed by atoms with Gasteiger partial charge in [0, 0.05) is 31.0 Å². The number of hydrogen-bond acceptors (Lipinski definition) is 3. The maximum absolute atomic E-state index is 12.6. The smallest absolute Gasteiger partial charge is 0.230 e. The zero-order valence-corrected chi connectivity index (χ0v) is 13.1. The number of amides is 1. The lowest BCUT2D eigenvalue weighted by molar-refractivity contribution is -0.123. The van der Waals surface area contributed by atoms with Crippen molar-refractivity contribution in [3.8, 4) is 0 Å². The average molecular weight is 310 g/mol. The molecule has 1 heterocycles. The molecular weight excluding hydrogens is 288 g/mol. The van der Waals surface area contributed by atoms with E-state index in [4.69, 9.17) is 0 Å². The molecule has 0 bridgehead atoms. The third-order valence-electron chi connectivity index (χ3n) is 4.54. The van der Waals surface area contributed by atoms with Crippen LogP contribution < -0.4 is 5.32 Å².